The molecule has 156 valence electrons. The van der Waals surface area contributed by atoms with Crippen LogP contribution in [-0.4, -0.2) is 67.4 Å². The van der Waals surface area contributed by atoms with E-state index in [9.17, 15) is 14.7 Å². The molecule has 8 nitrogen and oxygen atoms in total. The van der Waals surface area contributed by atoms with Crippen molar-refractivity contribution < 1.29 is 19.4 Å². The third-order valence-electron chi connectivity index (χ3n) is 4.71. The second-order valence-corrected chi connectivity index (χ2v) is 8.04. The number of hydrogen-bond acceptors (Lipinski definition) is 6. The quantitative estimate of drug-likeness (QED) is 0.709. The van der Waals surface area contributed by atoms with E-state index in [-0.39, 0.29) is 17.7 Å². The van der Waals surface area contributed by atoms with Crippen molar-refractivity contribution >= 4 is 23.4 Å². The third-order valence-corrected chi connectivity index (χ3v) is 4.71. The molecule has 1 atom stereocenters. The number of hydrogen-bond donors (Lipinski definition) is 3. The number of aromatic carboxylic acids is 1. The van der Waals surface area contributed by atoms with Gasteiger partial charge < -0.3 is 30.3 Å². The van der Waals surface area contributed by atoms with Crippen molar-refractivity contribution in [1.29, 1.82) is 0 Å². The summed E-state index contributed by atoms with van der Waals surface area (Å²) in [7, 11) is 3.59. The van der Waals surface area contributed by atoms with Gasteiger partial charge in [0.2, 0.25) is 0 Å². The van der Waals surface area contributed by atoms with Gasteiger partial charge in [-0.05, 0) is 46.9 Å². The average molecular weight is 393 g/mol. The highest BCUT2D eigenvalue weighted by Gasteiger charge is 2.31. The topological polar surface area (TPSA) is 94.1 Å². The fourth-order valence-corrected chi connectivity index (χ4v) is 3.52. The molecule has 0 aliphatic carbocycles. The van der Waals surface area contributed by atoms with Gasteiger partial charge in [0.15, 0.2) is 0 Å². The van der Waals surface area contributed by atoms with E-state index in [1.165, 1.54) is 0 Å². The first-order valence-corrected chi connectivity index (χ1v) is 9.55. The molecule has 1 aliphatic rings. The number of benzene rings is 1. The van der Waals surface area contributed by atoms with Crippen molar-refractivity contribution in [3.05, 3.63) is 23.3 Å². The van der Waals surface area contributed by atoms with Gasteiger partial charge in [-0.15, -0.1) is 0 Å². The zero-order chi connectivity index (χ0) is 21.1. The van der Waals surface area contributed by atoms with Gasteiger partial charge in [-0.3, -0.25) is 0 Å². The van der Waals surface area contributed by atoms with Gasteiger partial charge in [0, 0.05) is 44.8 Å². The molecule has 1 aromatic carbocycles. The van der Waals surface area contributed by atoms with Crippen LogP contribution in [0.2, 0.25) is 0 Å². The van der Waals surface area contributed by atoms with E-state index in [0.717, 1.165) is 16.9 Å². The van der Waals surface area contributed by atoms with Crippen LogP contribution < -0.4 is 15.5 Å². The van der Waals surface area contributed by atoms with Gasteiger partial charge in [0.05, 0.1) is 16.9 Å². The summed E-state index contributed by atoms with van der Waals surface area (Å²) in [6.07, 6.45) is -0.301. The first-order chi connectivity index (χ1) is 13.1. The van der Waals surface area contributed by atoms with Crippen LogP contribution in [0.15, 0.2) is 12.1 Å². The Morgan fingerprint density at radius 3 is 2.43 bits per heavy atom. The predicted octanol–water partition coefficient (Wildman–Crippen LogP) is 2.59. The summed E-state index contributed by atoms with van der Waals surface area (Å²) in [6, 6.07) is 3.55. The second-order valence-electron chi connectivity index (χ2n) is 8.04. The molecule has 0 aromatic heterocycles. The van der Waals surface area contributed by atoms with Crippen LogP contribution in [0.3, 0.4) is 0 Å². The van der Waals surface area contributed by atoms with E-state index in [0.29, 0.717) is 26.2 Å². The Balaban J connectivity index is 2.28. The average Bonchev–Trinajstić information content (AvgIpc) is 2.59. The number of amides is 1. The van der Waals surface area contributed by atoms with Crippen molar-refractivity contribution in [2.24, 2.45) is 0 Å². The fourth-order valence-electron chi connectivity index (χ4n) is 3.52. The highest BCUT2D eigenvalue weighted by atomic mass is 16.6. The van der Waals surface area contributed by atoms with Gasteiger partial charge in [-0.25, -0.2) is 9.59 Å². The van der Waals surface area contributed by atoms with Crippen LogP contribution in [0.25, 0.3) is 0 Å². The maximum absolute atomic E-state index is 12.4. The number of rotatable bonds is 5. The Morgan fingerprint density at radius 1 is 1.25 bits per heavy atom. The van der Waals surface area contributed by atoms with Crippen LogP contribution in [0.5, 0.6) is 0 Å². The molecule has 28 heavy (non-hydrogen) atoms. The predicted molar refractivity (Wildman–Crippen MR) is 110 cm³/mol. The summed E-state index contributed by atoms with van der Waals surface area (Å²) < 4.78 is 5.49. The first-order valence-electron chi connectivity index (χ1n) is 9.55. The molecule has 8 heteroatoms. The lowest BCUT2D eigenvalue weighted by Gasteiger charge is -2.42. The number of carbonyl (C=O) groups is 2. The molecule has 0 saturated carbocycles. The van der Waals surface area contributed by atoms with Crippen molar-refractivity contribution in [2.45, 2.75) is 45.9 Å². The zero-order valence-corrected chi connectivity index (χ0v) is 17.6. The summed E-state index contributed by atoms with van der Waals surface area (Å²) in [5, 5.41) is 15.8. The van der Waals surface area contributed by atoms with E-state index < -0.39 is 11.6 Å². The zero-order valence-electron chi connectivity index (χ0n) is 17.6. The molecule has 1 amide bonds. The number of nitrogens with zero attached hydrogens (tertiary/aromatic N) is 2. The van der Waals surface area contributed by atoms with E-state index in [4.69, 9.17) is 4.74 Å². The van der Waals surface area contributed by atoms with Gasteiger partial charge in [-0.2, -0.15) is 0 Å². The molecule has 1 fully saturated rings. The summed E-state index contributed by atoms with van der Waals surface area (Å²) >= 11 is 0. The maximum Gasteiger partial charge on any atom is 0.410 e. The largest absolute Gasteiger partial charge is 0.478 e. The number of carboxylic acids is 1. The lowest BCUT2D eigenvalue weighted by atomic mass is 10.0. The molecular weight excluding hydrogens is 360 g/mol. The minimum Gasteiger partial charge on any atom is -0.478 e. The fraction of sp³-hybridized carbons (Fsp3) is 0.600. The van der Waals surface area contributed by atoms with E-state index >= 15 is 0 Å². The normalized spacial score (nSPS) is 17.4. The van der Waals surface area contributed by atoms with Crippen LogP contribution >= 0.6 is 0 Å². The Hall–Kier alpha value is -2.48. The van der Waals surface area contributed by atoms with Crippen LogP contribution in [0.1, 0.15) is 43.6 Å². The number of anilines is 2. The molecule has 3 N–H and O–H groups in total. The molecular formula is C20H32N4O4. The Bertz CT molecular complexity index is 730. The monoisotopic (exact) mass is 392 g/mol. The molecule has 1 unspecified atom stereocenters. The first kappa shape index (κ1) is 21.8. The minimum absolute atomic E-state index is 0.0616. The van der Waals surface area contributed by atoms with E-state index in [2.05, 4.69) is 22.5 Å². The molecule has 0 spiro atoms. The maximum atomic E-state index is 12.4. The number of ether oxygens (including phenoxy) is 1. The molecule has 1 aliphatic heterocycles. The van der Waals surface area contributed by atoms with Crippen molar-refractivity contribution in [2.75, 3.05) is 43.9 Å². The summed E-state index contributed by atoms with van der Waals surface area (Å²) in [5.41, 5.74) is 2.21. The third kappa shape index (κ3) is 4.86. The van der Waals surface area contributed by atoms with Gasteiger partial charge in [0.25, 0.3) is 0 Å². The minimum atomic E-state index is -0.948. The van der Waals surface area contributed by atoms with Crippen LogP contribution in [0, 0.1) is 0 Å². The highest BCUT2D eigenvalue weighted by molar-refractivity contribution is 5.94. The van der Waals surface area contributed by atoms with Gasteiger partial charge in [0.1, 0.15) is 5.60 Å². The number of piperazine rings is 1. The highest BCUT2D eigenvalue weighted by Crippen LogP contribution is 2.34. The molecule has 1 heterocycles. The van der Waals surface area contributed by atoms with E-state index in [1.807, 2.05) is 26.8 Å². The second kappa shape index (κ2) is 8.68. The molecule has 0 bridgehead atoms. The summed E-state index contributed by atoms with van der Waals surface area (Å²) in [4.78, 5) is 27.9. The van der Waals surface area contributed by atoms with Gasteiger partial charge in [-0.1, -0.05) is 0 Å². The summed E-state index contributed by atoms with van der Waals surface area (Å²) in [5.74, 6) is -0.948. The van der Waals surface area contributed by atoms with Crippen molar-refractivity contribution in [3.8, 4) is 0 Å². The van der Waals surface area contributed by atoms with Crippen molar-refractivity contribution in [3.63, 3.8) is 0 Å². The summed E-state index contributed by atoms with van der Waals surface area (Å²) in [6.45, 7) is 9.80. The van der Waals surface area contributed by atoms with E-state index in [1.54, 1.807) is 25.1 Å². The van der Waals surface area contributed by atoms with Gasteiger partial charge >= 0.3 is 12.1 Å². The van der Waals surface area contributed by atoms with Crippen LogP contribution in [0.4, 0.5) is 16.2 Å². The number of nitrogens with one attached hydrogen (secondary N) is 2. The lowest BCUT2D eigenvalue weighted by Crippen LogP contribution is -2.54. The molecule has 2 rings (SSSR count). The molecule has 1 aromatic rings. The molecule has 1 saturated heterocycles. The standard InChI is InChI=1S/C20H32N4O4/c1-13-12-23(19(27)28-20(2,3)4)9-10-24(13)16-8-7-14(18(25)26)15(11-21-5)17(16)22-6/h7-8,13,21-22H,9-12H2,1-6H3,(H,25,26). The number of carboxylic acid groups (broad SMARTS) is 1. The van der Waals surface area contributed by atoms with Crippen molar-refractivity contribution in [1.82, 2.24) is 10.2 Å². The SMILES string of the molecule is CNCc1c(C(=O)O)ccc(N2CCN(C(=O)OC(C)(C)C)CC2C)c1NC. The van der Waals surface area contributed by atoms with Crippen LogP contribution in [-0.2, 0) is 11.3 Å². The number of carbonyl (C=O) groups excluding carboxylic acids is 1. The smallest absolute Gasteiger partial charge is 0.410 e. The Kier molecular flexibility index (Phi) is 6.77. The lowest BCUT2D eigenvalue weighted by molar-refractivity contribution is 0.0218. The molecule has 0 radical (unpaired) electrons. The Labute approximate surface area is 166 Å². The Morgan fingerprint density at radius 2 is 1.93 bits per heavy atom.